The van der Waals surface area contributed by atoms with Crippen LogP contribution in [0.2, 0.25) is 0 Å². The Morgan fingerprint density at radius 2 is 1.64 bits per heavy atom. The number of halogens is 3. The highest BCUT2D eigenvalue weighted by molar-refractivity contribution is 9.12. The number of rotatable bonds is 8. The zero-order chi connectivity index (χ0) is 33.6. The molecule has 6 rings (SSSR count). The minimum absolute atomic E-state index is 0.0524. The molecule has 1 aromatic heterocycles. The van der Waals surface area contributed by atoms with Gasteiger partial charge in [0, 0.05) is 42.8 Å². The number of anilines is 1. The highest BCUT2D eigenvalue weighted by atomic mass is 79.9. The number of aromatic nitrogens is 1. The smallest absolute Gasteiger partial charge is 0.339 e. The van der Waals surface area contributed by atoms with Crippen LogP contribution in [0.4, 0.5) is 11.4 Å². The van der Waals surface area contributed by atoms with Crippen molar-refractivity contribution in [2.24, 2.45) is 11.8 Å². The second kappa shape index (κ2) is 13.4. The first kappa shape index (κ1) is 33.1. The molecule has 2 aliphatic rings. The van der Waals surface area contributed by atoms with Crippen molar-refractivity contribution < 1.29 is 28.8 Å². The van der Waals surface area contributed by atoms with E-state index in [9.17, 15) is 29.3 Å². The van der Waals surface area contributed by atoms with Crippen molar-refractivity contribution in [2.45, 2.75) is 35.8 Å². The Hall–Kier alpha value is -3.81. The number of amides is 2. The van der Waals surface area contributed by atoms with Crippen LogP contribution in [0.3, 0.4) is 0 Å². The van der Waals surface area contributed by atoms with Crippen molar-refractivity contribution in [2.75, 3.05) is 11.5 Å². The minimum atomic E-state index is -0.764. The zero-order valence-corrected chi connectivity index (χ0v) is 29.6. The molecule has 4 aromatic rings. The normalized spacial score (nSPS) is 20.7. The maximum atomic E-state index is 13.5. The van der Waals surface area contributed by atoms with Crippen molar-refractivity contribution in [3.8, 4) is 11.3 Å². The fourth-order valence-corrected chi connectivity index (χ4v) is 7.90. The van der Waals surface area contributed by atoms with E-state index in [0.717, 1.165) is 16.1 Å². The summed E-state index contributed by atoms with van der Waals surface area (Å²) in [4.78, 5) is 69.8. The highest BCUT2D eigenvalue weighted by Crippen LogP contribution is 2.44. The van der Waals surface area contributed by atoms with Crippen molar-refractivity contribution in [3.63, 3.8) is 0 Å². The standard InChI is InChI=1S/C34H26Br3N3O7/c1-2-17-10-20(35)12-23-26(34(44)47-16-30(41)19-4-3-5-22(11-19)40(45)46)15-29(38-31(17)23)18-6-8-21(9-7-18)39-32(42)24-13-27(36)28(37)14-25(24)33(39)43/h3-12,15,24-25,27-28H,2,13-14,16H2,1H3. The summed E-state index contributed by atoms with van der Waals surface area (Å²) in [7, 11) is 0. The van der Waals surface area contributed by atoms with Gasteiger partial charge in [0.25, 0.3) is 5.69 Å². The molecule has 1 aliphatic carbocycles. The number of pyridine rings is 1. The second-order valence-electron chi connectivity index (χ2n) is 11.5. The number of ketones is 1. The van der Waals surface area contributed by atoms with E-state index in [4.69, 9.17) is 9.72 Å². The van der Waals surface area contributed by atoms with Crippen LogP contribution in [0.25, 0.3) is 22.2 Å². The fraction of sp³-hybridized carbons (Fsp3) is 0.265. The van der Waals surface area contributed by atoms with Crippen LogP contribution in [0.15, 0.2) is 71.2 Å². The zero-order valence-electron chi connectivity index (χ0n) is 24.8. The first-order valence-electron chi connectivity index (χ1n) is 14.8. The fourth-order valence-electron chi connectivity index (χ4n) is 6.16. The number of hydrogen-bond acceptors (Lipinski definition) is 8. The SMILES string of the molecule is CCc1cc(Br)cc2c(C(=O)OCC(=O)c3cccc([N+](=O)[O-])c3)cc(-c3ccc(N4C(=O)C5CC(Br)C(Br)CC5C4=O)cc3)nc12. The van der Waals surface area contributed by atoms with E-state index in [0.29, 0.717) is 47.1 Å². The van der Waals surface area contributed by atoms with Gasteiger partial charge in [0.15, 0.2) is 6.61 Å². The number of carbonyl (C=O) groups is 4. The lowest BCUT2D eigenvalue weighted by Crippen LogP contribution is -2.34. The van der Waals surface area contributed by atoms with Crippen LogP contribution in [0.1, 0.15) is 46.0 Å². The number of ether oxygens (including phenoxy) is 1. The van der Waals surface area contributed by atoms with Gasteiger partial charge in [0.05, 0.1) is 39.2 Å². The minimum Gasteiger partial charge on any atom is -0.454 e. The van der Waals surface area contributed by atoms with E-state index in [1.54, 1.807) is 36.4 Å². The Morgan fingerprint density at radius 1 is 0.979 bits per heavy atom. The molecule has 4 atom stereocenters. The molecule has 2 heterocycles. The van der Waals surface area contributed by atoms with Gasteiger partial charge in [-0.1, -0.05) is 79.0 Å². The van der Waals surface area contributed by atoms with E-state index in [-0.39, 0.29) is 50.1 Å². The third-order valence-corrected chi connectivity index (χ3v) is 11.8. The van der Waals surface area contributed by atoms with E-state index in [1.165, 1.54) is 23.1 Å². The summed E-state index contributed by atoms with van der Waals surface area (Å²) in [6.45, 7) is 1.35. The van der Waals surface area contributed by atoms with Crippen LogP contribution in [0, 0.1) is 22.0 Å². The maximum absolute atomic E-state index is 13.5. The quantitative estimate of drug-likeness (QED) is 0.0443. The predicted molar refractivity (Wildman–Crippen MR) is 186 cm³/mol. The summed E-state index contributed by atoms with van der Waals surface area (Å²) in [6, 6.07) is 17.4. The van der Waals surface area contributed by atoms with Gasteiger partial charge in [-0.25, -0.2) is 9.78 Å². The van der Waals surface area contributed by atoms with Crippen LogP contribution in [0.5, 0.6) is 0 Å². The number of nitrogens with zero attached hydrogens (tertiary/aromatic N) is 3. The molecule has 2 fully saturated rings. The van der Waals surface area contributed by atoms with Gasteiger partial charge in [-0.2, -0.15) is 0 Å². The van der Waals surface area contributed by atoms with Gasteiger partial charge < -0.3 is 4.74 Å². The molecule has 1 saturated carbocycles. The van der Waals surface area contributed by atoms with E-state index < -0.39 is 23.3 Å². The Morgan fingerprint density at radius 3 is 2.26 bits per heavy atom. The predicted octanol–water partition coefficient (Wildman–Crippen LogP) is 7.60. The van der Waals surface area contributed by atoms with Crippen LogP contribution >= 0.6 is 47.8 Å². The number of non-ortho nitro benzene ring substituents is 1. The molecule has 240 valence electrons. The summed E-state index contributed by atoms with van der Waals surface area (Å²) < 4.78 is 6.18. The number of hydrogen-bond donors (Lipinski definition) is 0. The lowest BCUT2D eigenvalue weighted by atomic mass is 9.81. The number of fused-ring (bicyclic) bond motifs is 2. The lowest BCUT2D eigenvalue weighted by Gasteiger charge is -2.29. The molecule has 1 aliphatic heterocycles. The average molecular weight is 828 g/mol. The third kappa shape index (κ3) is 6.40. The Balaban J connectivity index is 1.31. The van der Waals surface area contributed by atoms with Gasteiger partial charge >= 0.3 is 5.97 Å². The number of nitro groups is 1. The molecule has 13 heteroatoms. The number of aryl methyl sites for hydroxylation is 1. The molecule has 0 N–H and O–H groups in total. The van der Waals surface area contributed by atoms with Crippen LogP contribution < -0.4 is 4.90 Å². The van der Waals surface area contributed by atoms with E-state index in [1.807, 2.05) is 13.0 Å². The first-order chi connectivity index (χ1) is 22.5. The van der Waals surface area contributed by atoms with Crippen LogP contribution in [-0.4, -0.2) is 49.7 Å². The van der Waals surface area contributed by atoms with Crippen molar-refractivity contribution in [1.29, 1.82) is 0 Å². The van der Waals surface area contributed by atoms with Crippen molar-refractivity contribution in [1.82, 2.24) is 4.98 Å². The maximum Gasteiger partial charge on any atom is 0.339 e. The van der Waals surface area contributed by atoms with Crippen LogP contribution in [-0.2, 0) is 20.7 Å². The number of imide groups is 1. The summed E-state index contributed by atoms with van der Waals surface area (Å²) >= 11 is 10.7. The first-order valence-corrected chi connectivity index (χ1v) is 17.4. The van der Waals surface area contributed by atoms with Gasteiger partial charge in [-0.15, -0.1) is 0 Å². The molecule has 2 amide bonds. The summed E-state index contributed by atoms with van der Waals surface area (Å²) in [5.41, 5.74) is 3.00. The van der Waals surface area contributed by atoms with Gasteiger partial charge in [-0.3, -0.25) is 29.4 Å². The average Bonchev–Trinajstić information content (AvgIpc) is 3.30. The monoisotopic (exact) mass is 825 g/mol. The molecule has 0 radical (unpaired) electrons. The molecular weight excluding hydrogens is 802 g/mol. The third-order valence-electron chi connectivity index (χ3n) is 8.60. The number of Topliss-reactive ketones (excluding diaryl/α,β-unsaturated/α-hetero) is 1. The molecule has 47 heavy (non-hydrogen) atoms. The van der Waals surface area contributed by atoms with Crippen molar-refractivity contribution in [3.05, 3.63) is 98.0 Å². The molecule has 0 spiro atoms. The molecule has 0 bridgehead atoms. The molecule has 1 saturated heterocycles. The number of nitro benzene ring substituents is 1. The van der Waals surface area contributed by atoms with E-state index >= 15 is 0 Å². The van der Waals surface area contributed by atoms with Gasteiger partial charge in [-0.05, 0) is 55.2 Å². The number of esters is 1. The number of carbonyl (C=O) groups excluding carboxylic acids is 4. The Kier molecular flexibility index (Phi) is 9.41. The number of alkyl halides is 2. The highest BCUT2D eigenvalue weighted by Gasteiger charge is 2.52. The molecule has 4 unspecified atom stereocenters. The molecule has 10 nitrogen and oxygen atoms in total. The largest absolute Gasteiger partial charge is 0.454 e. The Labute approximate surface area is 294 Å². The summed E-state index contributed by atoms with van der Waals surface area (Å²) in [5.74, 6) is -2.50. The Bertz CT molecular complexity index is 1940. The number of benzene rings is 3. The summed E-state index contributed by atoms with van der Waals surface area (Å²) in [5, 5.41) is 11.7. The summed E-state index contributed by atoms with van der Waals surface area (Å²) in [6.07, 6.45) is 1.77. The van der Waals surface area contributed by atoms with Gasteiger partial charge in [0.2, 0.25) is 17.6 Å². The van der Waals surface area contributed by atoms with Crippen molar-refractivity contribution >= 4 is 93.6 Å². The van der Waals surface area contributed by atoms with E-state index in [2.05, 4.69) is 47.8 Å². The molecular formula is C34H26Br3N3O7. The second-order valence-corrected chi connectivity index (χ2v) is 14.7. The molecule has 3 aromatic carbocycles. The topological polar surface area (TPSA) is 137 Å². The van der Waals surface area contributed by atoms with Gasteiger partial charge in [0.1, 0.15) is 0 Å². The lowest BCUT2D eigenvalue weighted by molar-refractivity contribution is -0.384.